The summed E-state index contributed by atoms with van der Waals surface area (Å²) >= 11 is 0. The Labute approximate surface area is 213 Å². The summed E-state index contributed by atoms with van der Waals surface area (Å²) in [6.07, 6.45) is 0. The van der Waals surface area contributed by atoms with Crippen LogP contribution < -0.4 is 19.1 Å². The number of ketones is 1. The third-order valence-corrected chi connectivity index (χ3v) is 6.06. The van der Waals surface area contributed by atoms with Crippen molar-refractivity contribution in [2.24, 2.45) is 0 Å². The van der Waals surface area contributed by atoms with E-state index < -0.39 is 29.5 Å². The fourth-order valence-corrected chi connectivity index (χ4v) is 4.27. The Bertz CT molecular complexity index is 1410. The molecule has 0 aliphatic carbocycles. The van der Waals surface area contributed by atoms with Gasteiger partial charge in [-0.1, -0.05) is 18.2 Å². The summed E-state index contributed by atoms with van der Waals surface area (Å²) in [6.45, 7) is 0. The number of benzene rings is 3. The van der Waals surface area contributed by atoms with Crippen molar-refractivity contribution < 1.29 is 38.4 Å². The zero-order valence-corrected chi connectivity index (χ0v) is 20.7. The summed E-state index contributed by atoms with van der Waals surface area (Å²) in [4.78, 5) is 40.3. The Morgan fingerprint density at radius 1 is 0.838 bits per heavy atom. The third-order valence-electron chi connectivity index (χ3n) is 6.06. The van der Waals surface area contributed by atoms with Gasteiger partial charge in [-0.3, -0.25) is 14.5 Å². The van der Waals surface area contributed by atoms with Crippen molar-refractivity contribution in [2.45, 2.75) is 6.04 Å². The Balaban J connectivity index is 1.99. The van der Waals surface area contributed by atoms with Crippen molar-refractivity contribution in [1.82, 2.24) is 0 Å². The van der Waals surface area contributed by atoms with Crippen LogP contribution in [0.2, 0.25) is 0 Å². The van der Waals surface area contributed by atoms with Crippen LogP contribution in [0.3, 0.4) is 0 Å². The largest absolute Gasteiger partial charge is 0.507 e. The molecule has 1 heterocycles. The van der Waals surface area contributed by atoms with E-state index in [1.54, 1.807) is 48.5 Å². The molecule has 37 heavy (non-hydrogen) atoms. The molecule has 9 heteroatoms. The second kappa shape index (κ2) is 10.4. The number of rotatable bonds is 7. The number of hydrogen-bond donors (Lipinski definition) is 1. The summed E-state index contributed by atoms with van der Waals surface area (Å²) in [7, 11) is 5.64. The first kappa shape index (κ1) is 25.3. The molecule has 1 N–H and O–H groups in total. The lowest BCUT2D eigenvalue weighted by Gasteiger charge is -2.26. The Hall–Kier alpha value is -4.79. The highest BCUT2D eigenvalue weighted by molar-refractivity contribution is 6.51. The average Bonchev–Trinajstić information content (AvgIpc) is 3.21. The number of aliphatic hydroxyl groups excluding tert-OH is 1. The molecule has 3 aromatic rings. The minimum absolute atomic E-state index is 0.159. The number of esters is 1. The quantitative estimate of drug-likeness (QED) is 0.222. The number of carbonyl (C=O) groups is 3. The number of carbonyl (C=O) groups excluding carboxylic acids is 3. The molecule has 0 bridgehead atoms. The van der Waals surface area contributed by atoms with Gasteiger partial charge in [-0.2, -0.15) is 0 Å². The van der Waals surface area contributed by atoms with E-state index in [1.165, 1.54) is 51.5 Å². The minimum atomic E-state index is -1.04. The Kier molecular flexibility index (Phi) is 7.15. The fourth-order valence-electron chi connectivity index (χ4n) is 4.27. The molecule has 1 amide bonds. The van der Waals surface area contributed by atoms with Crippen LogP contribution in [0, 0.1) is 0 Å². The Morgan fingerprint density at radius 2 is 1.54 bits per heavy atom. The van der Waals surface area contributed by atoms with Gasteiger partial charge in [0.25, 0.3) is 11.7 Å². The maximum absolute atomic E-state index is 13.5. The number of anilines is 1. The summed E-state index contributed by atoms with van der Waals surface area (Å²) in [5, 5.41) is 11.5. The smallest absolute Gasteiger partial charge is 0.337 e. The van der Waals surface area contributed by atoms with Crippen molar-refractivity contribution in [3.63, 3.8) is 0 Å². The third kappa shape index (κ3) is 4.58. The summed E-state index contributed by atoms with van der Waals surface area (Å²) in [5.41, 5.74) is 0.991. The van der Waals surface area contributed by atoms with Gasteiger partial charge in [-0.15, -0.1) is 0 Å². The van der Waals surface area contributed by atoms with Crippen molar-refractivity contribution in [1.29, 1.82) is 0 Å². The van der Waals surface area contributed by atoms with E-state index >= 15 is 0 Å². The van der Waals surface area contributed by atoms with Crippen LogP contribution in [-0.4, -0.2) is 51.2 Å². The van der Waals surface area contributed by atoms with Gasteiger partial charge in [-0.05, 0) is 54.1 Å². The van der Waals surface area contributed by atoms with Crippen molar-refractivity contribution in [2.75, 3.05) is 33.3 Å². The van der Waals surface area contributed by atoms with Gasteiger partial charge in [0, 0.05) is 5.69 Å². The van der Waals surface area contributed by atoms with E-state index in [0.29, 0.717) is 17.1 Å². The molecule has 0 aromatic heterocycles. The molecule has 3 aromatic carbocycles. The van der Waals surface area contributed by atoms with Gasteiger partial charge < -0.3 is 24.1 Å². The molecule has 1 fully saturated rings. The van der Waals surface area contributed by atoms with E-state index in [0.717, 1.165) is 0 Å². The molecule has 1 aliphatic heterocycles. The second-order valence-corrected chi connectivity index (χ2v) is 8.05. The molecular formula is C28H25NO8. The summed E-state index contributed by atoms with van der Waals surface area (Å²) < 4.78 is 20.8. The van der Waals surface area contributed by atoms with Crippen LogP contribution in [0.15, 0.2) is 72.3 Å². The SMILES string of the molecule is COC(=O)c1cccc(N2C(=O)C(=O)/C(=C(/O)c3cc(OC)ccc3OC)C2c2cccc(OC)c2)c1. The van der Waals surface area contributed by atoms with E-state index in [4.69, 9.17) is 18.9 Å². The van der Waals surface area contributed by atoms with Crippen LogP contribution in [-0.2, 0) is 14.3 Å². The zero-order chi connectivity index (χ0) is 26.7. The number of methoxy groups -OCH3 is 4. The lowest BCUT2D eigenvalue weighted by molar-refractivity contribution is -0.132. The Morgan fingerprint density at radius 3 is 2.22 bits per heavy atom. The van der Waals surface area contributed by atoms with Crippen molar-refractivity contribution in [3.05, 3.63) is 89.0 Å². The minimum Gasteiger partial charge on any atom is -0.507 e. The molecule has 0 spiro atoms. The summed E-state index contributed by atoms with van der Waals surface area (Å²) in [5.74, 6) is -1.63. The average molecular weight is 504 g/mol. The van der Waals surface area contributed by atoms with Gasteiger partial charge in [0.15, 0.2) is 0 Å². The number of aliphatic hydroxyl groups is 1. The van der Waals surface area contributed by atoms with Crippen LogP contribution in [0.4, 0.5) is 5.69 Å². The molecule has 0 saturated carbocycles. The lowest BCUT2D eigenvalue weighted by atomic mass is 9.94. The normalized spacial score (nSPS) is 16.4. The van der Waals surface area contributed by atoms with Crippen molar-refractivity contribution >= 4 is 29.1 Å². The molecule has 1 aliphatic rings. The molecule has 1 saturated heterocycles. The first-order valence-corrected chi connectivity index (χ1v) is 11.2. The van der Waals surface area contributed by atoms with Crippen LogP contribution in [0.25, 0.3) is 5.76 Å². The number of amides is 1. The van der Waals surface area contributed by atoms with Gasteiger partial charge in [0.1, 0.15) is 23.0 Å². The zero-order valence-electron chi connectivity index (χ0n) is 20.7. The van der Waals surface area contributed by atoms with E-state index in [-0.39, 0.29) is 28.1 Å². The van der Waals surface area contributed by atoms with Gasteiger partial charge >= 0.3 is 5.97 Å². The molecule has 1 unspecified atom stereocenters. The van der Waals surface area contributed by atoms with E-state index in [9.17, 15) is 19.5 Å². The predicted octanol–water partition coefficient (Wildman–Crippen LogP) is 4.13. The highest BCUT2D eigenvalue weighted by atomic mass is 16.5. The van der Waals surface area contributed by atoms with Gasteiger partial charge in [-0.25, -0.2) is 4.79 Å². The fraction of sp³-hybridized carbons (Fsp3) is 0.179. The van der Waals surface area contributed by atoms with Gasteiger partial charge in [0.2, 0.25) is 0 Å². The number of hydrogen-bond acceptors (Lipinski definition) is 8. The molecule has 4 rings (SSSR count). The van der Waals surface area contributed by atoms with Crippen LogP contribution in [0.1, 0.15) is 27.5 Å². The molecule has 1 atom stereocenters. The first-order chi connectivity index (χ1) is 17.8. The molecular weight excluding hydrogens is 478 g/mol. The predicted molar refractivity (Wildman–Crippen MR) is 135 cm³/mol. The molecule has 0 radical (unpaired) electrons. The summed E-state index contributed by atoms with van der Waals surface area (Å²) in [6, 6.07) is 16.7. The second-order valence-electron chi connectivity index (χ2n) is 8.05. The maximum Gasteiger partial charge on any atom is 0.337 e. The van der Waals surface area contributed by atoms with Crippen LogP contribution >= 0.6 is 0 Å². The molecule has 190 valence electrons. The lowest BCUT2D eigenvalue weighted by Crippen LogP contribution is -2.29. The highest BCUT2D eigenvalue weighted by Gasteiger charge is 2.47. The number of nitrogens with zero attached hydrogens (tertiary/aromatic N) is 1. The van der Waals surface area contributed by atoms with E-state index in [2.05, 4.69) is 0 Å². The van der Waals surface area contributed by atoms with E-state index in [1.807, 2.05) is 0 Å². The number of Topliss-reactive ketones (excluding diaryl/α,β-unsaturated/α-hetero) is 1. The highest BCUT2D eigenvalue weighted by Crippen LogP contribution is 2.44. The molecule has 9 nitrogen and oxygen atoms in total. The first-order valence-electron chi connectivity index (χ1n) is 11.2. The van der Waals surface area contributed by atoms with Gasteiger partial charge in [0.05, 0.1) is 51.2 Å². The maximum atomic E-state index is 13.5. The standard InChI is InChI=1S/C28H25NO8/c1-34-19-10-6-7-16(14-19)24-23(25(30)21-15-20(35-2)11-12-22(21)36-3)26(31)27(32)29(24)18-9-5-8-17(13-18)28(33)37-4/h5-15,24,30H,1-4H3/b25-23+. The monoisotopic (exact) mass is 503 g/mol. The van der Waals surface area contributed by atoms with Crippen molar-refractivity contribution in [3.8, 4) is 17.2 Å². The topological polar surface area (TPSA) is 112 Å². The van der Waals surface area contributed by atoms with Crippen LogP contribution in [0.5, 0.6) is 17.2 Å². The number of ether oxygens (including phenoxy) is 4.